The molecule has 1 aromatic carbocycles. The van der Waals surface area contributed by atoms with Crippen molar-refractivity contribution in [3.05, 3.63) is 51.2 Å². The number of carbonyl (C=O) groups is 1. The molecular weight excluding hydrogens is 298 g/mol. The minimum Gasteiger partial charge on any atom is -0.299 e. The number of ketones is 1. The van der Waals surface area contributed by atoms with E-state index >= 15 is 0 Å². The zero-order valence-corrected chi connectivity index (χ0v) is 13.2. The third-order valence-corrected chi connectivity index (χ3v) is 6.14. The molecule has 4 heteroatoms. The van der Waals surface area contributed by atoms with Gasteiger partial charge in [0.15, 0.2) is 0 Å². The average Bonchev–Trinajstić information content (AvgIpc) is 3.12. The van der Waals surface area contributed by atoms with Crippen LogP contribution in [0, 0.1) is 0 Å². The lowest BCUT2D eigenvalue weighted by atomic mass is 9.84. The molecular formula is C17H15NOS2. The Hall–Kier alpha value is -1.52. The number of fused-ring (bicyclic) bond motifs is 2. The first kappa shape index (κ1) is 13.2. The minimum atomic E-state index is 0.0898. The summed E-state index contributed by atoms with van der Waals surface area (Å²) in [4.78, 5) is 18.7. The topological polar surface area (TPSA) is 30.0 Å². The first-order valence-electron chi connectivity index (χ1n) is 7.25. The van der Waals surface area contributed by atoms with E-state index in [0.717, 1.165) is 29.8 Å². The van der Waals surface area contributed by atoms with E-state index in [1.165, 1.54) is 15.1 Å². The van der Waals surface area contributed by atoms with Crippen molar-refractivity contribution < 1.29 is 4.79 Å². The molecule has 0 N–H and O–H groups in total. The maximum absolute atomic E-state index is 12.7. The highest BCUT2D eigenvalue weighted by Gasteiger charge is 2.27. The number of carbonyl (C=O) groups excluding carboxylic acids is 1. The predicted octanol–water partition coefficient (Wildman–Crippen LogP) is 4.59. The van der Waals surface area contributed by atoms with Gasteiger partial charge in [-0.05, 0) is 48.4 Å². The fourth-order valence-electron chi connectivity index (χ4n) is 3.09. The van der Waals surface area contributed by atoms with Crippen molar-refractivity contribution in [2.24, 2.45) is 0 Å². The molecule has 0 amide bonds. The van der Waals surface area contributed by atoms with Gasteiger partial charge in [-0.15, -0.1) is 22.7 Å². The fraction of sp³-hybridized carbons (Fsp3) is 0.294. The van der Waals surface area contributed by atoms with Crippen LogP contribution in [0.25, 0.3) is 10.2 Å². The molecule has 0 spiro atoms. The molecule has 1 atom stereocenters. The number of hydrogen-bond acceptors (Lipinski definition) is 4. The molecule has 0 saturated carbocycles. The second-order valence-electron chi connectivity index (χ2n) is 5.46. The largest absolute Gasteiger partial charge is 0.299 e. The summed E-state index contributed by atoms with van der Waals surface area (Å²) in [5.41, 5.74) is 2.28. The van der Waals surface area contributed by atoms with Crippen LogP contribution >= 0.6 is 22.7 Å². The van der Waals surface area contributed by atoms with Crippen LogP contribution in [0.5, 0.6) is 0 Å². The number of aromatic nitrogens is 1. The Bertz CT molecular complexity index is 769. The molecule has 0 radical (unpaired) electrons. The normalized spacial score (nSPS) is 17.8. The number of hydrogen-bond donors (Lipinski definition) is 0. The van der Waals surface area contributed by atoms with E-state index in [-0.39, 0.29) is 5.92 Å². The highest BCUT2D eigenvalue weighted by molar-refractivity contribution is 7.18. The fourth-order valence-corrected chi connectivity index (χ4v) is 5.05. The van der Waals surface area contributed by atoms with Gasteiger partial charge in [-0.1, -0.05) is 12.1 Å². The SMILES string of the molecule is O=C(Cc1nc2ccccc2s1)C1CCCc2sccc21. The smallest absolute Gasteiger partial charge is 0.147 e. The first-order valence-corrected chi connectivity index (χ1v) is 8.94. The summed E-state index contributed by atoms with van der Waals surface area (Å²) in [6.07, 6.45) is 3.73. The summed E-state index contributed by atoms with van der Waals surface area (Å²) in [5.74, 6) is 0.417. The van der Waals surface area contributed by atoms with Gasteiger partial charge in [-0.25, -0.2) is 4.98 Å². The standard InChI is InChI=1S/C17H15NOS2/c19-14(11-4-3-7-15-12(11)8-9-20-15)10-17-18-13-5-1-2-6-16(13)21-17/h1-2,5-6,8-9,11H,3-4,7,10H2. The number of Topliss-reactive ketones (excluding diaryl/α,β-unsaturated/α-hetero) is 1. The van der Waals surface area contributed by atoms with Crippen LogP contribution in [-0.2, 0) is 17.6 Å². The Morgan fingerprint density at radius 2 is 2.19 bits per heavy atom. The van der Waals surface area contributed by atoms with E-state index in [2.05, 4.69) is 22.5 Å². The number of rotatable bonds is 3. The molecule has 21 heavy (non-hydrogen) atoms. The lowest BCUT2D eigenvalue weighted by Crippen LogP contribution is -2.18. The highest BCUT2D eigenvalue weighted by atomic mass is 32.1. The van der Waals surface area contributed by atoms with E-state index in [9.17, 15) is 4.79 Å². The number of aryl methyl sites for hydroxylation is 1. The zero-order chi connectivity index (χ0) is 14.2. The van der Waals surface area contributed by atoms with Gasteiger partial charge in [0, 0.05) is 10.8 Å². The summed E-state index contributed by atoms with van der Waals surface area (Å²) in [5, 5.41) is 3.07. The van der Waals surface area contributed by atoms with Gasteiger partial charge >= 0.3 is 0 Å². The summed E-state index contributed by atoms with van der Waals surface area (Å²) in [6.45, 7) is 0. The molecule has 0 bridgehead atoms. The molecule has 0 fully saturated rings. The molecule has 1 unspecified atom stereocenters. The van der Waals surface area contributed by atoms with Crippen molar-refractivity contribution in [3.8, 4) is 0 Å². The Labute approximate surface area is 131 Å². The van der Waals surface area contributed by atoms with E-state index in [1.807, 2.05) is 18.2 Å². The van der Waals surface area contributed by atoms with Crippen molar-refractivity contribution in [3.63, 3.8) is 0 Å². The van der Waals surface area contributed by atoms with Gasteiger partial charge in [0.1, 0.15) is 10.8 Å². The van der Waals surface area contributed by atoms with E-state index < -0.39 is 0 Å². The number of thiazole rings is 1. The quantitative estimate of drug-likeness (QED) is 0.708. The molecule has 1 aliphatic rings. The molecule has 0 saturated heterocycles. The summed E-state index contributed by atoms with van der Waals surface area (Å²) < 4.78 is 1.17. The maximum atomic E-state index is 12.7. The molecule has 1 aliphatic carbocycles. The van der Waals surface area contributed by atoms with Gasteiger partial charge in [0.25, 0.3) is 0 Å². The Morgan fingerprint density at radius 1 is 1.29 bits per heavy atom. The highest BCUT2D eigenvalue weighted by Crippen LogP contribution is 2.36. The third-order valence-electron chi connectivity index (χ3n) is 4.10. The van der Waals surface area contributed by atoms with Crippen molar-refractivity contribution in [1.29, 1.82) is 0 Å². The van der Waals surface area contributed by atoms with Crippen LogP contribution in [0.15, 0.2) is 35.7 Å². The Morgan fingerprint density at radius 3 is 3.10 bits per heavy atom. The van der Waals surface area contributed by atoms with Gasteiger partial charge in [0.05, 0.1) is 16.6 Å². The van der Waals surface area contributed by atoms with Gasteiger partial charge in [0.2, 0.25) is 0 Å². The zero-order valence-electron chi connectivity index (χ0n) is 11.5. The molecule has 2 heterocycles. The monoisotopic (exact) mass is 313 g/mol. The van der Waals surface area contributed by atoms with Crippen LogP contribution in [0.1, 0.15) is 34.2 Å². The molecule has 2 aromatic heterocycles. The van der Waals surface area contributed by atoms with Crippen LogP contribution in [0.3, 0.4) is 0 Å². The van der Waals surface area contributed by atoms with Crippen molar-refractivity contribution in [1.82, 2.24) is 4.98 Å². The van der Waals surface area contributed by atoms with Crippen LogP contribution in [-0.4, -0.2) is 10.8 Å². The van der Waals surface area contributed by atoms with Crippen molar-refractivity contribution >= 4 is 38.7 Å². The number of benzene rings is 1. The van der Waals surface area contributed by atoms with Crippen molar-refractivity contribution in [2.75, 3.05) is 0 Å². The third kappa shape index (κ3) is 2.43. The first-order chi connectivity index (χ1) is 10.3. The summed E-state index contributed by atoms with van der Waals surface area (Å²) >= 11 is 3.44. The molecule has 0 aliphatic heterocycles. The van der Waals surface area contributed by atoms with Crippen LogP contribution in [0.2, 0.25) is 0 Å². The van der Waals surface area contributed by atoms with E-state index in [0.29, 0.717) is 12.2 Å². The van der Waals surface area contributed by atoms with Gasteiger partial charge in [-0.3, -0.25) is 4.79 Å². The number of para-hydroxylation sites is 1. The molecule has 3 aromatic rings. The van der Waals surface area contributed by atoms with Crippen LogP contribution in [0.4, 0.5) is 0 Å². The van der Waals surface area contributed by atoms with E-state index in [1.54, 1.807) is 22.7 Å². The Balaban J connectivity index is 1.59. The molecule has 4 rings (SSSR count). The summed E-state index contributed by atoms with van der Waals surface area (Å²) in [7, 11) is 0. The van der Waals surface area contributed by atoms with E-state index in [4.69, 9.17) is 0 Å². The van der Waals surface area contributed by atoms with Crippen LogP contribution < -0.4 is 0 Å². The molecule has 2 nitrogen and oxygen atoms in total. The maximum Gasteiger partial charge on any atom is 0.147 e. The number of nitrogens with zero attached hydrogens (tertiary/aromatic N) is 1. The molecule has 106 valence electrons. The summed E-state index contributed by atoms with van der Waals surface area (Å²) in [6, 6.07) is 10.2. The predicted molar refractivity (Wildman–Crippen MR) is 88.3 cm³/mol. The minimum absolute atomic E-state index is 0.0898. The second-order valence-corrected chi connectivity index (χ2v) is 7.58. The number of thiophene rings is 1. The van der Waals surface area contributed by atoms with Crippen molar-refractivity contribution in [2.45, 2.75) is 31.6 Å². The Kier molecular flexibility index (Phi) is 3.36. The lowest BCUT2D eigenvalue weighted by Gasteiger charge is -2.20. The average molecular weight is 313 g/mol. The lowest BCUT2D eigenvalue weighted by molar-refractivity contribution is -0.120. The second kappa shape index (κ2) is 5.35. The van der Waals surface area contributed by atoms with Gasteiger partial charge in [-0.2, -0.15) is 0 Å². The van der Waals surface area contributed by atoms with Gasteiger partial charge < -0.3 is 0 Å².